The highest BCUT2D eigenvalue weighted by Crippen LogP contribution is 2.37. The van der Waals surface area contributed by atoms with Crippen molar-refractivity contribution >= 4 is 0 Å². The molecule has 0 atom stereocenters. The van der Waals surface area contributed by atoms with E-state index in [1.54, 1.807) is 26.6 Å². The molecule has 4 heteroatoms. The third-order valence-corrected chi connectivity index (χ3v) is 2.48. The van der Waals surface area contributed by atoms with Gasteiger partial charge in [0, 0.05) is 18.0 Å². The molecule has 88 valence electrons. The predicted molar refractivity (Wildman–Crippen MR) is 65.3 cm³/mol. The summed E-state index contributed by atoms with van der Waals surface area (Å²) < 4.78 is 10.7. The first-order valence-electron chi connectivity index (χ1n) is 5.27. The van der Waals surface area contributed by atoms with Crippen LogP contribution in [-0.2, 0) is 0 Å². The van der Waals surface area contributed by atoms with Gasteiger partial charge in [-0.25, -0.2) is 0 Å². The highest BCUT2D eigenvalue weighted by Gasteiger charge is 2.16. The van der Waals surface area contributed by atoms with Gasteiger partial charge in [0.05, 0.1) is 19.9 Å². The van der Waals surface area contributed by atoms with Crippen molar-refractivity contribution in [3.8, 4) is 22.9 Å². The zero-order chi connectivity index (χ0) is 12.3. The van der Waals surface area contributed by atoms with Gasteiger partial charge in [-0.05, 0) is 19.1 Å². The van der Waals surface area contributed by atoms with E-state index in [1.807, 2.05) is 25.1 Å². The maximum atomic E-state index is 5.38. The van der Waals surface area contributed by atoms with Crippen molar-refractivity contribution in [3.63, 3.8) is 0 Å². The number of nitrogens with zero attached hydrogens (tertiary/aromatic N) is 2. The number of rotatable bonds is 3. The minimum Gasteiger partial charge on any atom is -0.492 e. The van der Waals surface area contributed by atoms with E-state index in [0.717, 1.165) is 11.3 Å². The molecule has 0 aliphatic rings. The summed E-state index contributed by atoms with van der Waals surface area (Å²) in [5.41, 5.74) is 2.39. The van der Waals surface area contributed by atoms with Crippen LogP contribution in [0.5, 0.6) is 11.5 Å². The quantitative estimate of drug-likeness (QED) is 0.812. The molecule has 0 fully saturated rings. The van der Waals surface area contributed by atoms with Gasteiger partial charge < -0.3 is 9.47 Å². The molecule has 0 radical (unpaired) electrons. The van der Waals surface area contributed by atoms with Gasteiger partial charge >= 0.3 is 0 Å². The number of pyridine rings is 2. The lowest BCUT2D eigenvalue weighted by atomic mass is 10.2. The molecule has 0 aliphatic heterocycles. The van der Waals surface area contributed by atoms with E-state index in [2.05, 4.69) is 9.97 Å². The smallest absolute Gasteiger partial charge is 0.189 e. The van der Waals surface area contributed by atoms with Crippen molar-refractivity contribution in [1.82, 2.24) is 9.97 Å². The molecule has 17 heavy (non-hydrogen) atoms. The summed E-state index contributed by atoms with van der Waals surface area (Å²) in [6.07, 6.45) is 3.48. The van der Waals surface area contributed by atoms with Gasteiger partial charge in [0.2, 0.25) is 0 Å². The summed E-state index contributed by atoms with van der Waals surface area (Å²) in [6, 6.07) is 5.66. The lowest BCUT2D eigenvalue weighted by molar-refractivity contribution is 0.352. The van der Waals surface area contributed by atoms with Crippen molar-refractivity contribution in [3.05, 3.63) is 36.2 Å². The molecule has 0 aliphatic carbocycles. The van der Waals surface area contributed by atoms with Crippen LogP contribution in [-0.4, -0.2) is 24.2 Å². The zero-order valence-corrected chi connectivity index (χ0v) is 10.1. The lowest BCUT2D eigenvalue weighted by Crippen LogP contribution is -1.98. The number of methoxy groups -OCH3 is 2. The van der Waals surface area contributed by atoms with Crippen LogP contribution in [0.2, 0.25) is 0 Å². The van der Waals surface area contributed by atoms with Crippen LogP contribution in [0.15, 0.2) is 30.6 Å². The van der Waals surface area contributed by atoms with E-state index in [-0.39, 0.29) is 0 Å². The van der Waals surface area contributed by atoms with Crippen molar-refractivity contribution in [2.45, 2.75) is 6.92 Å². The van der Waals surface area contributed by atoms with Crippen LogP contribution in [0.25, 0.3) is 11.4 Å². The molecule has 2 rings (SSSR count). The third-order valence-electron chi connectivity index (χ3n) is 2.48. The van der Waals surface area contributed by atoms with Crippen LogP contribution < -0.4 is 9.47 Å². The van der Waals surface area contributed by atoms with E-state index in [1.165, 1.54) is 0 Å². The molecule has 4 nitrogen and oxygen atoms in total. The summed E-state index contributed by atoms with van der Waals surface area (Å²) in [6.45, 7) is 1.93. The first kappa shape index (κ1) is 11.4. The maximum Gasteiger partial charge on any atom is 0.189 e. The molecule has 0 spiro atoms. The molecule has 0 unspecified atom stereocenters. The van der Waals surface area contributed by atoms with Crippen molar-refractivity contribution < 1.29 is 9.47 Å². The fraction of sp³-hybridized carbons (Fsp3) is 0.231. The molecule has 0 saturated carbocycles. The zero-order valence-electron chi connectivity index (χ0n) is 10.1. The fourth-order valence-corrected chi connectivity index (χ4v) is 1.69. The van der Waals surface area contributed by atoms with Gasteiger partial charge in [0.15, 0.2) is 11.5 Å². The van der Waals surface area contributed by atoms with Crippen LogP contribution >= 0.6 is 0 Å². The minimum absolute atomic E-state index is 0.617. The average molecular weight is 230 g/mol. The lowest BCUT2D eigenvalue weighted by Gasteiger charge is -2.13. The Morgan fingerprint density at radius 3 is 2.35 bits per heavy atom. The molecule has 0 amide bonds. The third kappa shape index (κ3) is 2.06. The number of hydrogen-bond acceptors (Lipinski definition) is 4. The predicted octanol–water partition coefficient (Wildman–Crippen LogP) is 2.47. The molecule has 2 heterocycles. The van der Waals surface area contributed by atoms with Crippen LogP contribution in [0.1, 0.15) is 5.56 Å². The Hall–Kier alpha value is -2.10. The van der Waals surface area contributed by atoms with E-state index in [4.69, 9.17) is 9.47 Å². The Labute approximate surface area is 100 Å². The molecule has 0 N–H and O–H groups in total. The summed E-state index contributed by atoms with van der Waals surface area (Å²) in [7, 11) is 3.22. The Morgan fingerprint density at radius 2 is 1.76 bits per heavy atom. The highest BCUT2D eigenvalue weighted by molar-refractivity contribution is 5.68. The largest absolute Gasteiger partial charge is 0.492 e. The molecule has 0 saturated heterocycles. The summed E-state index contributed by atoms with van der Waals surface area (Å²) in [4.78, 5) is 8.63. The van der Waals surface area contributed by atoms with Crippen molar-refractivity contribution in [2.75, 3.05) is 14.2 Å². The van der Waals surface area contributed by atoms with Gasteiger partial charge in [-0.1, -0.05) is 6.07 Å². The van der Waals surface area contributed by atoms with Gasteiger partial charge in [0.25, 0.3) is 0 Å². The van der Waals surface area contributed by atoms with Crippen LogP contribution in [0.3, 0.4) is 0 Å². The van der Waals surface area contributed by atoms with Crippen LogP contribution in [0, 0.1) is 6.92 Å². The Bertz CT molecular complexity index is 512. The Morgan fingerprint density at radius 1 is 1.00 bits per heavy atom. The monoisotopic (exact) mass is 230 g/mol. The number of aryl methyl sites for hydroxylation is 1. The summed E-state index contributed by atoms with van der Waals surface area (Å²) in [5.74, 6) is 1.31. The normalized spacial score (nSPS) is 10.1. The van der Waals surface area contributed by atoms with Crippen molar-refractivity contribution in [1.29, 1.82) is 0 Å². The summed E-state index contributed by atoms with van der Waals surface area (Å²) in [5, 5.41) is 0. The first-order valence-corrected chi connectivity index (χ1v) is 5.27. The molecular weight excluding hydrogens is 216 g/mol. The molecular formula is C13H14N2O2. The summed E-state index contributed by atoms with van der Waals surface area (Å²) >= 11 is 0. The van der Waals surface area contributed by atoms with Gasteiger partial charge in [0.1, 0.15) is 5.69 Å². The van der Waals surface area contributed by atoms with E-state index >= 15 is 0 Å². The van der Waals surface area contributed by atoms with Crippen LogP contribution in [0.4, 0.5) is 0 Å². The van der Waals surface area contributed by atoms with Crippen molar-refractivity contribution in [2.24, 2.45) is 0 Å². The second kappa shape index (κ2) is 4.82. The minimum atomic E-state index is 0.617. The molecule has 2 aromatic heterocycles. The van der Waals surface area contributed by atoms with E-state index in [9.17, 15) is 0 Å². The van der Waals surface area contributed by atoms with E-state index in [0.29, 0.717) is 17.2 Å². The molecule has 2 aromatic rings. The SMILES string of the molecule is COc1c(C)cnc(-c2ccccn2)c1OC. The molecule has 0 aromatic carbocycles. The maximum absolute atomic E-state index is 5.38. The standard InChI is InChI=1S/C13H14N2O2/c1-9-8-15-11(10-6-4-5-7-14-10)13(17-3)12(9)16-2/h4-8H,1-3H3. The Kier molecular flexibility index (Phi) is 3.23. The molecule has 0 bridgehead atoms. The van der Waals surface area contributed by atoms with Gasteiger partial charge in [-0.2, -0.15) is 0 Å². The number of hydrogen-bond donors (Lipinski definition) is 0. The average Bonchev–Trinajstić information content (AvgIpc) is 2.39. The second-order valence-electron chi connectivity index (χ2n) is 3.57. The fourth-order valence-electron chi connectivity index (χ4n) is 1.69. The van der Waals surface area contributed by atoms with Gasteiger partial charge in [-0.3, -0.25) is 9.97 Å². The Balaban J connectivity index is 2.63. The number of aromatic nitrogens is 2. The highest BCUT2D eigenvalue weighted by atomic mass is 16.5. The van der Waals surface area contributed by atoms with Gasteiger partial charge in [-0.15, -0.1) is 0 Å². The van der Waals surface area contributed by atoms with E-state index < -0.39 is 0 Å². The second-order valence-corrected chi connectivity index (χ2v) is 3.57. The first-order chi connectivity index (χ1) is 8.27. The topological polar surface area (TPSA) is 44.2 Å². The number of ether oxygens (including phenoxy) is 2.